The fraction of sp³-hybridized carbons (Fsp3) is 0.600. The molecule has 5 heteroatoms. The van der Waals surface area contributed by atoms with Crippen LogP contribution in [-0.4, -0.2) is 30.1 Å². The lowest BCUT2D eigenvalue weighted by molar-refractivity contribution is 0.0906. The molecule has 2 N–H and O–H groups in total. The van der Waals surface area contributed by atoms with Crippen molar-refractivity contribution >= 4 is 5.91 Å². The smallest absolute Gasteiger partial charge is 0.261 e. The Hall–Kier alpha value is -1.62. The molecule has 3 rings (SSSR count). The van der Waals surface area contributed by atoms with Gasteiger partial charge in [-0.15, -0.1) is 0 Å². The zero-order chi connectivity index (χ0) is 13.9. The van der Waals surface area contributed by atoms with Crippen LogP contribution >= 0.6 is 0 Å². The first-order chi connectivity index (χ1) is 9.74. The van der Waals surface area contributed by atoms with Crippen LogP contribution in [0.3, 0.4) is 0 Å². The summed E-state index contributed by atoms with van der Waals surface area (Å²) in [5.41, 5.74) is 2.05. The fourth-order valence-electron chi connectivity index (χ4n) is 3.00. The van der Waals surface area contributed by atoms with E-state index in [1.54, 1.807) is 6.07 Å². The molecule has 5 nitrogen and oxygen atoms in total. The third kappa shape index (κ3) is 2.77. The molecule has 1 fully saturated rings. The molecule has 1 aliphatic carbocycles. The van der Waals surface area contributed by atoms with Crippen molar-refractivity contribution in [3.8, 4) is 0 Å². The molecule has 0 bridgehead atoms. The number of aryl methyl sites for hydroxylation is 2. The van der Waals surface area contributed by atoms with Crippen molar-refractivity contribution in [3.63, 3.8) is 0 Å². The maximum absolute atomic E-state index is 12.1. The van der Waals surface area contributed by atoms with E-state index in [9.17, 15) is 9.59 Å². The van der Waals surface area contributed by atoms with Crippen molar-refractivity contribution in [3.05, 3.63) is 33.2 Å². The fourth-order valence-corrected chi connectivity index (χ4v) is 3.00. The minimum atomic E-state index is -0.279. The van der Waals surface area contributed by atoms with Gasteiger partial charge in [0, 0.05) is 18.8 Å². The summed E-state index contributed by atoms with van der Waals surface area (Å²) in [7, 11) is 0. The van der Waals surface area contributed by atoms with Crippen LogP contribution in [0.2, 0.25) is 0 Å². The molecule has 1 saturated heterocycles. The molecule has 1 aromatic heterocycles. The molecule has 0 radical (unpaired) electrons. The lowest BCUT2D eigenvalue weighted by atomic mass is 10.1. The van der Waals surface area contributed by atoms with Gasteiger partial charge in [-0.2, -0.15) is 0 Å². The van der Waals surface area contributed by atoms with Gasteiger partial charge in [-0.05, 0) is 50.2 Å². The van der Waals surface area contributed by atoms with E-state index >= 15 is 0 Å². The summed E-state index contributed by atoms with van der Waals surface area (Å²) in [5.74, 6) is -0.279. The normalized spacial score (nSPS) is 20.9. The van der Waals surface area contributed by atoms with E-state index in [-0.39, 0.29) is 23.1 Å². The van der Waals surface area contributed by atoms with E-state index in [4.69, 9.17) is 4.74 Å². The van der Waals surface area contributed by atoms with Crippen LogP contribution in [0.4, 0.5) is 0 Å². The van der Waals surface area contributed by atoms with E-state index in [1.807, 2.05) is 0 Å². The molecular formula is C15H20N2O3. The number of ether oxygens (including phenoxy) is 1. The lowest BCUT2D eigenvalue weighted by Crippen LogP contribution is -2.32. The maximum Gasteiger partial charge on any atom is 0.261 e. The Bertz CT molecular complexity index is 559. The van der Waals surface area contributed by atoms with E-state index < -0.39 is 0 Å². The first kappa shape index (κ1) is 13.4. The molecular weight excluding hydrogens is 256 g/mol. The SMILES string of the molecule is O=C(NCCC1CCCO1)c1cc2c([nH]c1=O)CCC2. The summed E-state index contributed by atoms with van der Waals surface area (Å²) in [6.07, 6.45) is 6.14. The molecule has 0 spiro atoms. The Morgan fingerprint density at radius 3 is 3.10 bits per heavy atom. The summed E-state index contributed by atoms with van der Waals surface area (Å²) in [6, 6.07) is 1.75. The van der Waals surface area contributed by atoms with Crippen LogP contribution in [0.5, 0.6) is 0 Å². The topological polar surface area (TPSA) is 71.2 Å². The molecule has 1 atom stereocenters. The minimum Gasteiger partial charge on any atom is -0.378 e. The second-order valence-electron chi connectivity index (χ2n) is 5.55. The van der Waals surface area contributed by atoms with E-state index in [0.717, 1.165) is 56.4 Å². The average Bonchev–Trinajstić information content (AvgIpc) is 3.08. The summed E-state index contributed by atoms with van der Waals surface area (Å²) in [4.78, 5) is 26.8. The van der Waals surface area contributed by atoms with E-state index in [0.29, 0.717) is 6.54 Å². The molecule has 0 aromatic carbocycles. The largest absolute Gasteiger partial charge is 0.378 e. The number of carbonyl (C=O) groups excluding carboxylic acids is 1. The van der Waals surface area contributed by atoms with Gasteiger partial charge in [0.2, 0.25) is 0 Å². The standard InChI is InChI=1S/C15H20N2O3/c18-14(16-7-6-11-4-2-8-20-11)12-9-10-3-1-5-13(10)17-15(12)19/h9,11H,1-8H2,(H,16,18)(H,17,19). The number of H-pyrrole nitrogens is 1. The Kier molecular flexibility index (Phi) is 3.87. The van der Waals surface area contributed by atoms with E-state index in [2.05, 4.69) is 10.3 Å². The average molecular weight is 276 g/mol. The highest BCUT2D eigenvalue weighted by Gasteiger charge is 2.19. The van der Waals surface area contributed by atoms with Crippen LogP contribution in [-0.2, 0) is 17.6 Å². The Labute approximate surface area is 117 Å². The number of fused-ring (bicyclic) bond motifs is 1. The van der Waals surface area contributed by atoms with Crippen LogP contribution in [0, 0.1) is 0 Å². The number of hydrogen-bond donors (Lipinski definition) is 2. The number of pyridine rings is 1. The highest BCUT2D eigenvalue weighted by molar-refractivity contribution is 5.94. The molecule has 0 saturated carbocycles. The molecule has 2 aliphatic rings. The predicted molar refractivity (Wildman–Crippen MR) is 75.0 cm³/mol. The molecule has 1 aromatic rings. The van der Waals surface area contributed by atoms with Crippen LogP contribution < -0.4 is 10.9 Å². The zero-order valence-corrected chi connectivity index (χ0v) is 11.5. The van der Waals surface area contributed by atoms with Crippen molar-refractivity contribution in [2.24, 2.45) is 0 Å². The van der Waals surface area contributed by atoms with Gasteiger partial charge in [-0.3, -0.25) is 9.59 Å². The molecule has 20 heavy (non-hydrogen) atoms. The highest BCUT2D eigenvalue weighted by atomic mass is 16.5. The number of aromatic nitrogens is 1. The summed E-state index contributed by atoms with van der Waals surface area (Å²) in [5, 5.41) is 2.82. The third-order valence-electron chi connectivity index (χ3n) is 4.11. The number of carbonyl (C=O) groups is 1. The van der Waals surface area contributed by atoms with Crippen LogP contribution in [0.1, 0.15) is 47.3 Å². The minimum absolute atomic E-state index is 0.234. The number of hydrogen-bond acceptors (Lipinski definition) is 3. The first-order valence-corrected chi connectivity index (χ1v) is 7.39. The van der Waals surface area contributed by atoms with Gasteiger partial charge in [-0.25, -0.2) is 0 Å². The van der Waals surface area contributed by atoms with Gasteiger partial charge in [0.25, 0.3) is 11.5 Å². The molecule has 2 heterocycles. The number of aromatic amines is 1. The van der Waals surface area contributed by atoms with Crippen molar-refractivity contribution < 1.29 is 9.53 Å². The second kappa shape index (κ2) is 5.79. The number of rotatable bonds is 4. The van der Waals surface area contributed by atoms with Crippen molar-refractivity contribution in [1.29, 1.82) is 0 Å². The van der Waals surface area contributed by atoms with Crippen molar-refractivity contribution in [2.45, 2.75) is 44.6 Å². The van der Waals surface area contributed by atoms with Gasteiger partial charge >= 0.3 is 0 Å². The Balaban J connectivity index is 1.60. The van der Waals surface area contributed by atoms with Gasteiger partial charge in [0.1, 0.15) is 5.56 Å². The van der Waals surface area contributed by atoms with Crippen molar-refractivity contribution in [2.75, 3.05) is 13.2 Å². The quantitative estimate of drug-likeness (QED) is 0.867. The summed E-state index contributed by atoms with van der Waals surface area (Å²) in [6.45, 7) is 1.38. The summed E-state index contributed by atoms with van der Waals surface area (Å²) >= 11 is 0. The Morgan fingerprint density at radius 2 is 2.30 bits per heavy atom. The third-order valence-corrected chi connectivity index (χ3v) is 4.11. The maximum atomic E-state index is 12.1. The molecule has 108 valence electrons. The van der Waals surface area contributed by atoms with Crippen molar-refractivity contribution in [1.82, 2.24) is 10.3 Å². The summed E-state index contributed by atoms with van der Waals surface area (Å²) < 4.78 is 5.51. The predicted octanol–water partition coefficient (Wildman–Crippen LogP) is 1.16. The molecule has 1 unspecified atom stereocenters. The second-order valence-corrected chi connectivity index (χ2v) is 5.55. The molecule has 1 amide bonds. The van der Waals surface area contributed by atoms with Gasteiger partial charge in [0.15, 0.2) is 0 Å². The molecule has 1 aliphatic heterocycles. The Morgan fingerprint density at radius 1 is 1.40 bits per heavy atom. The zero-order valence-electron chi connectivity index (χ0n) is 11.5. The number of nitrogens with one attached hydrogen (secondary N) is 2. The first-order valence-electron chi connectivity index (χ1n) is 7.39. The van der Waals surface area contributed by atoms with Crippen LogP contribution in [0.15, 0.2) is 10.9 Å². The van der Waals surface area contributed by atoms with Gasteiger partial charge < -0.3 is 15.0 Å². The van der Waals surface area contributed by atoms with E-state index in [1.165, 1.54) is 0 Å². The van der Waals surface area contributed by atoms with Gasteiger partial charge in [0.05, 0.1) is 6.10 Å². The monoisotopic (exact) mass is 276 g/mol. The van der Waals surface area contributed by atoms with Crippen LogP contribution in [0.25, 0.3) is 0 Å². The lowest BCUT2D eigenvalue weighted by Gasteiger charge is -2.10. The highest BCUT2D eigenvalue weighted by Crippen LogP contribution is 2.19. The van der Waals surface area contributed by atoms with Gasteiger partial charge in [-0.1, -0.05) is 0 Å². The number of amides is 1.